The van der Waals surface area contributed by atoms with Crippen LogP contribution in [0.3, 0.4) is 0 Å². The van der Waals surface area contributed by atoms with E-state index in [0.29, 0.717) is 6.10 Å². The minimum absolute atomic E-state index is 0.556. The van der Waals surface area contributed by atoms with E-state index in [4.69, 9.17) is 4.74 Å². The van der Waals surface area contributed by atoms with Crippen LogP contribution < -0.4 is 5.32 Å². The van der Waals surface area contributed by atoms with Gasteiger partial charge in [-0.25, -0.2) is 0 Å². The molecule has 1 N–H and O–H groups in total. The monoisotopic (exact) mass is 141 g/mol. The van der Waals surface area contributed by atoms with Gasteiger partial charge in [0.2, 0.25) is 0 Å². The molecule has 1 aliphatic carbocycles. The van der Waals surface area contributed by atoms with Crippen LogP contribution in [-0.2, 0) is 4.74 Å². The Morgan fingerprint density at radius 3 is 3.00 bits per heavy atom. The molecule has 58 valence electrons. The number of hydrogen-bond donors (Lipinski definition) is 1. The minimum atomic E-state index is 0.556. The smallest absolute Gasteiger partial charge is 0.0614 e. The van der Waals surface area contributed by atoms with Crippen LogP contribution in [0.2, 0.25) is 0 Å². The van der Waals surface area contributed by atoms with Crippen molar-refractivity contribution in [3.63, 3.8) is 0 Å². The van der Waals surface area contributed by atoms with Crippen molar-refractivity contribution in [2.45, 2.75) is 18.9 Å². The van der Waals surface area contributed by atoms with Crippen LogP contribution in [0.4, 0.5) is 0 Å². The van der Waals surface area contributed by atoms with E-state index in [0.717, 1.165) is 11.8 Å². The number of ether oxygens (including phenoxy) is 1. The first kappa shape index (κ1) is 6.62. The van der Waals surface area contributed by atoms with E-state index >= 15 is 0 Å². The number of fused-ring (bicyclic) bond motifs is 1. The summed E-state index contributed by atoms with van der Waals surface area (Å²) in [6, 6.07) is 0. The Balaban J connectivity index is 2.01. The summed E-state index contributed by atoms with van der Waals surface area (Å²) in [5, 5.41) is 3.41. The van der Waals surface area contributed by atoms with E-state index < -0.39 is 0 Å². The molecule has 1 aliphatic heterocycles. The largest absolute Gasteiger partial charge is 0.381 e. The molecular formula is C8H15NO. The molecule has 1 saturated heterocycles. The van der Waals surface area contributed by atoms with Gasteiger partial charge in [0, 0.05) is 19.6 Å². The summed E-state index contributed by atoms with van der Waals surface area (Å²) in [6.07, 6.45) is 3.21. The van der Waals surface area contributed by atoms with Crippen molar-refractivity contribution in [3.8, 4) is 0 Å². The molecule has 0 aromatic carbocycles. The van der Waals surface area contributed by atoms with Crippen LogP contribution in [0.5, 0.6) is 0 Å². The second kappa shape index (κ2) is 2.51. The second-order valence-electron chi connectivity index (χ2n) is 3.43. The highest BCUT2D eigenvalue weighted by molar-refractivity contribution is 4.92. The third-order valence-corrected chi connectivity index (χ3v) is 2.99. The Morgan fingerprint density at radius 1 is 1.30 bits per heavy atom. The fourth-order valence-corrected chi connectivity index (χ4v) is 2.39. The topological polar surface area (TPSA) is 21.3 Å². The van der Waals surface area contributed by atoms with Gasteiger partial charge in [0.15, 0.2) is 0 Å². The van der Waals surface area contributed by atoms with E-state index in [2.05, 4.69) is 5.32 Å². The van der Waals surface area contributed by atoms with Gasteiger partial charge in [0.25, 0.3) is 0 Å². The molecule has 0 aromatic heterocycles. The molecule has 0 spiro atoms. The summed E-state index contributed by atoms with van der Waals surface area (Å²) in [7, 11) is 1.84. The number of methoxy groups -OCH3 is 1. The lowest BCUT2D eigenvalue weighted by Gasteiger charge is -2.14. The Bertz CT molecular complexity index is 126. The zero-order chi connectivity index (χ0) is 6.97. The first-order valence-corrected chi connectivity index (χ1v) is 4.15. The van der Waals surface area contributed by atoms with Crippen molar-refractivity contribution in [2.24, 2.45) is 11.8 Å². The van der Waals surface area contributed by atoms with E-state index in [-0.39, 0.29) is 0 Å². The van der Waals surface area contributed by atoms with E-state index in [1.54, 1.807) is 0 Å². The highest BCUT2D eigenvalue weighted by Crippen LogP contribution is 2.35. The fourth-order valence-electron chi connectivity index (χ4n) is 2.39. The lowest BCUT2D eigenvalue weighted by molar-refractivity contribution is 0.0715. The van der Waals surface area contributed by atoms with Gasteiger partial charge in [0.05, 0.1) is 6.10 Å². The maximum absolute atomic E-state index is 5.39. The van der Waals surface area contributed by atoms with Gasteiger partial charge in [-0.1, -0.05) is 0 Å². The van der Waals surface area contributed by atoms with E-state index in [1.165, 1.54) is 25.9 Å². The molecule has 1 heterocycles. The molecule has 2 fully saturated rings. The van der Waals surface area contributed by atoms with Gasteiger partial charge < -0.3 is 10.1 Å². The van der Waals surface area contributed by atoms with Crippen molar-refractivity contribution in [3.05, 3.63) is 0 Å². The fraction of sp³-hybridized carbons (Fsp3) is 1.00. The standard InChI is InChI=1S/C8H15NO/c1-10-8-3-2-6-4-9-5-7(6)8/h6-9H,2-5H2,1H3/t6-,7+,8-/m1/s1. The lowest BCUT2D eigenvalue weighted by atomic mass is 9.99. The van der Waals surface area contributed by atoms with Crippen LogP contribution in [0.25, 0.3) is 0 Å². The summed E-state index contributed by atoms with van der Waals surface area (Å²) in [5.41, 5.74) is 0. The van der Waals surface area contributed by atoms with Gasteiger partial charge in [0.1, 0.15) is 0 Å². The second-order valence-corrected chi connectivity index (χ2v) is 3.43. The first-order valence-electron chi connectivity index (χ1n) is 4.15. The maximum Gasteiger partial charge on any atom is 0.0614 e. The third-order valence-electron chi connectivity index (χ3n) is 2.99. The Kier molecular flexibility index (Phi) is 1.66. The third kappa shape index (κ3) is 0.867. The number of nitrogens with one attached hydrogen (secondary N) is 1. The summed E-state index contributed by atoms with van der Waals surface area (Å²) in [5.74, 6) is 1.75. The van der Waals surface area contributed by atoms with Crippen LogP contribution >= 0.6 is 0 Å². The molecular weight excluding hydrogens is 126 g/mol. The molecule has 0 aromatic rings. The lowest BCUT2D eigenvalue weighted by Crippen LogP contribution is -2.21. The molecule has 0 unspecified atom stereocenters. The molecule has 1 saturated carbocycles. The molecule has 2 aliphatic rings. The molecule has 2 nitrogen and oxygen atoms in total. The Labute approximate surface area is 61.9 Å². The van der Waals surface area contributed by atoms with E-state index in [9.17, 15) is 0 Å². The van der Waals surface area contributed by atoms with Gasteiger partial charge in [-0.2, -0.15) is 0 Å². The summed E-state index contributed by atoms with van der Waals surface area (Å²) in [6.45, 7) is 2.41. The predicted molar refractivity (Wildman–Crippen MR) is 39.9 cm³/mol. The molecule has 0 bridgehead atoms. The molecule has 10 heavy (non-hydrogen) atoms. The first-order chi connectivity index (χ1) is 4.92. The maximum atomic E-state index is 5.39. The van der Waals surface area contributed by atoms with Crippen molar-refractivity contribution < 1.29 is 4.74 Å². The normalized spacial score (nSPS) is 45.9. The highest BCUT2D eigenvalue weighted by Gasteiger charge is 2.38. The van der Waals surface area contributed by atoms with Gasteiger partial charge >= 0.3 is 0 Å². The molecule has 2 heteroatoms. The van der Waals surface area contributed by atoms with Gasteiger partial charge in [-0.05, 0) is 25.3 Å². The molecule has 0 amide bonds. The molecule has 2 rings (SSSR count). The number of rotatable bonds is 1. The van der Waals surface area contributed by atoms with Crippen molar-refractivity contribution >= 4 is 0 Å². The van der Waals surface area contributed by atoms with Crippen LogP contribution in [0.15, 0.2) is 0 Å². The van der Waals surface area contributed by atoms with E-state index in [1.807, 2.05) is 7.11 Å². The average Bonchev–Trinajstić information content (AvgIpc) is 2.44. The quantitative estimate of drug-likeness (QED) is 0.578. The van der Waals surface area contributed by atoms with Gasteiger partial charge in [-0.3, -0.25) is 0 Å². The predicted octanol–water partition coefficient (Wildman–Crippen LogP) is 0.631. The molecule has 3 atom stereocenters. The Morgan fingerprint density at radius 2 is 2.20 bits per heavy atom. The zero-order valence-corrected chi connectivity index (χ0v) is 6.47. The SMILES string of the molecule is CO[C@@H]1CC[C@@H]2CNC[C@@H]21. The average molecular weight is 141 g/mol. The molecule has 0 radical (unpaired) electrons. The summed E-state index contributed by atoms with van der Waals surface area (Å²) >= 11 is 0. The summed E-state index contributed by atoms with van der Waals surface area (Å²) < 4.78 is 5.39. The highest BCUT2D eigenvalue weighted by atomic mass is 16.5. The van der Waals surface area contributed by atoms with Crippen molar-refractivity contribution in [1.82, 2.24) is 5.32 Å². The minimum Gasteiger partial charge on any atom is -0.381 e. The van der Waals surface area contributed by atoms with Crippen LogP contribution in [0, 0.1) is 11.8 Å². The van der Waals surface area contributed by atoms with Crippen LogP contribution in [0.1, 0.15) is 12.8 Å². The Hall–Kier alpha value is -0.0800. The van der Waals surface area contributed by atoms with Crippen molar-refractivity contribution in [1.29, 1.82) is 0 Å². The summed E-state index contributed by atoms with van der Waals surface area (Å²) in [4.78, 5) is 0. The number of hydrogen-bond acceptors (Lipinski definition) is 2. The van der Waals surface area contributed by atoms with Crippen molar-refractivity contribution in [2.75, 3.05) is 20.2 Å². The van der Waals surface area contributed by atoms with Crippen LogP contribution in [-0.4, -0.2) is 26.3 Å². The van der Waals surface area contributed by atoms with Gasteiger partial charge in [-0.15, -0.1) is 0 Å². The zero-order valence-electron chi connectivity index (χ0n) is 6.47.